The van der Waals surface area contributed by atoms with Crippen LogP contribution >= 0.6 is 0 Å². The number of carbonyl (C=O) groups excluding carboxylic acids is 1. The van der Waals surface area contributed by atoms with Crippen LogP contribution in [0.25, 0.3) is 0 Å². The molecule has 0 aromatic heterocycles. The second kappa shape index (κ2) is 8.52. The molecule has 0 bridgehead atoms. The van der Waals surface area contributed by atoms with E-state index in [0.29, 0.717) is 0 Å². The summed E-state index contributed by atoms with van der Waals surface area (Å²) in [6.07, 6.45) is 7.60. The van der Waals surface area contributed by atoms with Crippen molar-refractivity contribution >= 4 is 5.91 Å². The van der Waals surface area contributed by atoms with Crippen LogP contribution in [-0.2, 0) is 4.79 Å². The molecule has 0 spiro atoms. The molecule has 1 aliphatic rings. The van der Waals surface area contributed by atoms with Gasteiger partial charge in [-0.3, -0.25) is 4.79 Å². The molecule has 1 amide bonds. The van der Waals surface area contributed by atoms with Gasteiger partial charge in [0.1, 0.15) is 0 Å². The first kappa shape index (κ1) is 15.5. The van der Waals surface area contributed by atoms with Crippen LogP contribution in [-0.4, -0.2) is 25.0 Å². The highest BCUT2D eigenvalue weighted by atomic mass is 16.2. The summed E-state index contributed by atoms with van der Waals surface area (Å²) in [7, 11) is 0. The summed E-state index contributed by atoms with van der Waals surface area (Å²) in [5.74, 6) is 1.71. The van der Waals surface area contributed by atoms with Crippen molar-refractivity contribution in [2.45, 2.75) is 65.3 Å². The van der Waals surface area contributed by atoms with Gasteiger partial charge >= 0.3 is 0 Å². The number of amides is 1. The first-order valence-corrected chi connectivity index (χ1v) is 7.66. The lowest BCUT2D eigenvalue weighted by Gasteiger charge is -2.29. The Hall–Kier alpha value is -0.570. The Balaban J connectivity index is 2.18. The lowest BCUT2D eigenvalue weighted by Crippen LogP contribution is -2.45. The molecule has 0 aliphatic heterocycles. The average molecular weight is 254 g/mol. The maximum atomic E-state index is 11.8. The lowest BCUT2D eigenvalue weighted by atomic mass is 9.80. The number of carbonyl (C=O) groups is 1. The summed E-state index contributed by atoms with van der Waals surface area (Å²) in [5, 5.41) is 6.38. The molecule has 3 atom stereocenters. The molecule has 0 aromatic carbocycles. The number of rotatable bonds is 7. The van der Waals surface area contributed by atoms with E-state index in [-0.39, 0.29) is 11.9 Å². The molecule has 0 radical (unpaired) electrons. The smallest absolute Gasteiger partial charge is 0.236 e. The van der Waals surface area contributed by atoms with Gasteiger partial charge in [-0.1, -0.05) is 39.5 Å². The Morgan fingerprint density at radius 3 is 2.72 bits per heavy atom. The molecule has 1 fully saturated rings. The van der Waals surface area contributed by atoms with Crippen LogP contribution in [0.2, 0.25) is 0 Å². The summed E-state index contributed by atoms with van der Waals surface area (Å²) >= 11 is 0. The largest absolute Gasteiger partial charge is 0.355 e. The maximum Gasteiger partial charge on any atom is 0.236 e. The predicted octanol–water partition coefficient (Wildman–Crippen LogP) is 2.71. The first-order valence-electron chi connectivity index (χ1n) is 7.66. The summed E-state index contributed by atoms with van der Waals surface area (Å²) < 4.78 is 0. The second-order valence-electron chi connectivity index (χ2n) is 5.80. The van der Waals surface area contributed by atoms with E-state index in [0.717, 1.165) is 37.8 Å². The van der Waals surface area contributed by atoms with Crippen LogP contribution in [0.4, 0.5) is 0 Å². The van der Waals surface area contributed by atoms with Crippen LogP contribution in [0.1, 0.15) is 59.3 Å². The average Bonchev–Trinajstić information content (AvgIpc) is 2.37. The summed E-state index contributed by atoms with van der Waals surface area (Å²) in [6, 6.07) is -0.0593. The topological polar surface area (TPSA) is 41.1 Å². The van der Waals surface area contributed by atoms with Crippen molar-refractivity contribution in [3.8, 4) is 0 Å². The highest BCUT2D eigenvalue weighted by Gasteiger charge is 2.22. The summed E-state index contributed by atoms with van der Waals surface area (Å²) in [4.78, 5) is 11.8. The van der Waals surface area contributed by atoms with Gasteiger partial charge in [0.05, 0.1) is 6.04 Å². The number of hydrogen-bond acceptors (Lipinski definition) is 2. The normalized spacial score (nSPS) is 25.7. The van der Waals surface area contributed by atoms with Gasteiger partial charge in [0.25, 0.3) is 0 Å². The Morgan fingerprint density at radius 2 is 2.06 bits per heavy atom. The van der Waals surface area contributed by atoms with E-state index in [1.807, 2.05) is 6.92 Å². The number of unbranched alkanes of at least 4 members (excludes halogenated alkanes) is 1. The van der Waals surface area contributed by atoms with E-state index in [4.69, 9.17) is 0 Å². The zero-order valence-corrected chi connectivity index (χ0v) is 12.3. The van der Waals surface area contributed by atoms with Gasteiger partial charge in [0.2, 0.25) is 5.91 Å². The number of hydrogen-bond donors (Lipinski definition) is 2. The molecular weight excluding hydrogens is 224 g/mol. The van der Waals surface area contributed by atoms with Crippen molar-refractivity contribution in [1.29, 1.82) is 0 Å². The minimum Gasteiger partial charge on any atom is -0.355 e. The second-order valence-corrected chi connectivity index (χ2v) is 5.80. The molecule has 18 heavy (non-hydrogen) atoms. The van der Waals surface area contributed by atoms with Gasteiger partial charge in [-0.2, -0.15) is 0 Å². The first-order chi connectivity index (χ1) is 8.65. The van der Waals surface area contributed by atoms with Crippen molar-refractivity contribution in [1.82, 2.24) is 10.6 Å². The van der Waals surface area contributed by atoms with Gasteiger partial charge in [-0.05, 0) is 38.1 Å². The fraction of sp³-hybridized carbons (Fsp3) is 0.933. The van der Waals surface area contributed by atoms with Crippen molar-refractivity contribution < 1.29 is 4.79 Å². The van der Waals surface area contributed by atoms with E-state index >= 15 is 0 Å². The molecule has 3 unspecified atom stereocenters. The monoisotopic (exact) mass is 254 g/mol. The zero-order valence-electron chi connectivity index (χ0n) is 12.3. The van der Waals surface area contributed by atoms with Crippen molar-refractivity contribution in [2.24, 2.45) is 11.8 Å². The minimum atomic E-state index is -0.0593. The third kappa shape index (κ3) is 5.38. The molecule has 3 nitrogen and oxygen atoms in total. The third-order valence-electron chi connectivity index (χ3n) is 4.20. The molecule has 0 heterocycles. The lowest BCUT2D eigenvalue weighted by molar-refractivity contribution is -0.122. The maximum absolute atomic E-state index is 11.8. The molecule has 2 N–H and O–H groups in total. The van der Waals surface area contributed by atoms with Crippen molar-refractivity contribution in [3.05, 3.63) is 0 Å². The molecular formula is C15H30N2O. The molecule has 106 valence electrons. The van der Waals surface area contributed by atoms with Crippen LogP contribution in [0.5, 0.6) is 0 Å². The molecule has 1 aliphatic carbocycles. The van der Waals surface area contributed by atoms with Gasteiger partial charge in [-0.25, -0.2) is 0 Å². The van der Waals surface area contributed by atoms with Gasteiger partial charge in [-0.15, -0.1) is 0 Å². The Morgan fingerprint density at radius 1 is 1.33 bits per heavy atom. The fourth-order valence-corrected chi connectivity index (χ4v) is 2.66. The molecule has 1 rings (SSSR count). The Bertz CT molecular complexity index is 243. The Labute approximate surface area is 112 Å². The number of nitrogens with one attached hydrogen (secondary N) is 2. The molecule has 0 saturated heterocycles. The summed E-state index contributed by atoms with van der Waals surface area (Å²) in [6.45, 7) is 8.25. The van der Waals surface area contributed by atoms with Crippen LogP contribution in [0, 0.1) is 11.8 Å². The van der Waals surface area contributed by atoms with Crippen molar-refractivity contribution in [2.75, 3.05) is 13.1 Å². The standard InChI is InChI=1S/C15H30N2O/c1-4-5-10-16-15(18)13(3)17-11-14-9-7-6-8-12(14)2/h12-14,17H,4-11H2,1-3H3,(H,16,18). The van der Waals surface area contributed by atoms with Gasteiger partial charge in [0.15, 0.2) is 0 Å². The minimum absolute atomic E-state index is 0.0593. The quantitative estimate of drug-likeness (QED) is 0.686. The summed E-state index contributed by atoms with van der Waals surface area (Å²) in [5.41, 5.74) is 0. The van der Waals surface area contributed by atoms with Crippen LogP contribution in [0.15, 0.2) is 0 Å². The van der Waals surface area contributed by atoms with Crippen LogP contribution < -0.4 is 10.6 Å². The van der Waals surface area contributed by atoms with Crippen LogP contribution in [0.3, 0.4) is 0 Å². The fourth-order valence-electron chi connectivity index (χ4n) is 2.66. The molecule has 0 aromatic rings. The van der Waals surface area contributed by atoms with E-state index in [1.165, 1.54) is 25.7 Å². The van der Waals surface area contributed by atoms with E-state index in [9.17, 15) is 4.79 Å². The van der Waals surface area contributed by atoms with Gasteiger partial charge in [0, 0.05) is 6.54 Å². The third-order valence-corrected chi connectivity index (χ3v) is 4.20. The highest BCUT2D eigenvalue weighted by molar-refractivity contribution is 5.81. The van der Waals surface area contributed by atoms with E-state index in [1.54, 1.807) is 0 Å². The van der Waals surface area contributed by atoms with E-state index < -0.39 is 0 Å². The molecule has 3 heteroatoms. The Kier molecular flexibility index (Phi) is 7.33. The highest BCUT2D eigenvalue weighted by Crippen LogP contribution is 2.28. The SMILES string of the molecule is CCCCNC(=O)C(C)NCC1CCCCC1C. The molecule has 1 saturated carbocycles. The van der Waals surface area contributed by atoms with Gasteiger partial charge < -0.3 is 10.6 Å². The van der Waals surface area contributed by atoms with E-state index in [2.05, 4.69) is 24.5 Å². The zero-order chi connectivity index (χ0) is 13.4. The predicted molar refractivity (Wildman–Crippen MR) is 76.5 cm³/mol. The van der Waals surface area contributed by atoms with Crippen molar-refractivity contribution in [3.63, 3.8) is 0 Å².